The molecule has 0 saturated heterocycles. The first-order valence-corrected chi connectivity index (χ1v) is 9.45. The second-order valence-corrected chi connectivity index (χ2v) is 12.1. The van der Waals surface area contributed by atoms with Gasteiger partial charge < -0.3 is 14.5 Å². The molecule has 0 aliphatic rings. The third kappa shape index (κ3) is 6.73. The van der Waals surface area contributed by atoms with E-state index < -0.39 is 15.4 Å². The van der Waals surface area contributed by atoms with Crippen LogP contribution in [0.25, 0.3) is 0 Å². The lowest BCUT2D eigenvalue weighted by Crippen LogP contribution is -2.43. The zero-order valence-electron chi connectivity index (χ0n) is 12.9. The van der Waals surface area contributed by atoms with Crippen molar-refractivity contribution >= 4 is 15.4 Å². The van der Waals surface area contributed by atoms with Gasteiger partial charge in [-0.05, 0) is 30.0 Å². The first kappa shape index (κ1) is 17.9. The summed E-state index contributed by atoms with van der Waals surface area (Å²) in [5, 5.41) is 17.7. The number of allylic oxidation sites excluding steroid dienone is 1. The van der Waals surface area contributed by atoms with Crippen molar-refractivity contribution in [2.45, 2.75) is 59.2 Å². The standard InChI is InChI=1S/C13H29BO3Si/c1-12(2,3)18(6,7)17-11-13(4,5)9-8-10-14(15)16/h8,10,15-16H,9,11H2,1-7H3/b10-8+. The summed E-state index contributed by atoms with van der Waals surface area (Å²) in [6.07, 6.45) is 2.58. The van der Waals surface area contributed by atoms with Gasteiger partial charge in [-0.15, -0.1) is 0 Å². The van der Waals surface area contributed by atoms with Gasteiger partial charge in [-0.25, -0.2) is 0 Å². The summed E-state index contributed by atoms with van der Waals surface area (Å²) < 4.78 is 6.20. The van der Waals surface area contributed by atoms with Crippen LogP contribution in [0.2, 0.25) is 18.1 Å². The maximum Gasteiger partial charge on any atom is 0.480 e. The highest BCUT2D eigenvalue weighted by molar-refractivity contribution is 6.74. The Hall–Kier alpha value is -0.0982. The van der Waals surface area contributed by atoms with Crippen LogP contribution < -0.4 is 0 Å². The molecule has 0 aliphatic heterocycles. The molecule has 3 nitrogen and oxygen atoms in total. The zero-order valence-corrected chi connectivity index (χ0v) is 13.9. The predicted molar refractivity (Wildman–Crippen MR) is 80.9 cm³/mol. The van der Waals surface area contributed by atoms with Crippen LogP contribution in [-0.4, -0.2) is 32.1 Å². The molecule has 0 fully saturated rings. The van der Waals surface area contributed by atoms with E-state index in [1.165, 1.54) is 5.98 Å². The molecule has 18 heavy (non-hydrogen) atoms. The van der Waals surface area contributed by atoms with E-state index in [1.807, 2.05) is 0 Å². The Morgan fingerprint density at radius 3 is 2.00 bits per heavy atom. The fourth-order valence-electron chi connectivity index (χ4n) is 1.16. The fourth-order valence-corrected chi connectivity index (χ4v) is 2.34. The van der Waals surface area contributed by atoms with Crippen LogP contribution in [0.5, 0.6) is 0 Å². The van der Waals surface area contributed by atoms with Crippen LogP contribution in [0, 0.1) is 5.41 Å². The highest BCUT2D eigenvalue weighted by atomic mass is 28.4. The maximum atomic E-state index is 8.76. The molecule has 0 amide bonds. The molecular formula is C13H29BO3Si. The predicted octanol–water partition coefficient (Wildman–Crippen LogP) is 2.99. The summed E-state index contributed by atoms with van der Waals surface area (Å²) in [4.78, 5) is 0. The van der Waals surface area contributed by atoms with Gasteiger partial charge in [0.05, 0.1) is 0 Å². The summed E-state index contributed by atoms with van der Waals surface area (Å²) in [6, 6.07) is 0. The fraction of sp³-hybridized carbons (Fsp3) is 0.846. The molecule has 2 N–H and O–H groups in total. The lowest BCUT2D eigenvalue weighted by Gasteiger charge is -2.38. The average Bonchev–Trinajstić information content (AvgIpc) is 2.12. The third-order valence-electron chi connectivity index (χ3n) is 3.61. The van der Waals surface area contributed by atoms with Gasteiger partial charge in [0, 0.05) is 6.61 Å². The van der Waals surface area contributed by atoms with Crippen molar-refractivity contribution in [2.75, 3.05) is 6.61 Å². The van der Waals surface area contributed by atoms with E-state index in [0.29, 0.717) is 6.61 Å². The number of hydrogen-bond acceptors (Lipinski definition) is 3. The molecule has 0 radical (unpaired) electrons. The van der Waals surface area contributed by atoms with Gasteiger partial charge in [-0.2, -0.15) is 0 Å². The van der Waals surface area contributed by atoms with Gasteiger partial charge in [-0.1, -0.05) is 46.7 Å². The molecule has 0 spiro atoms. The van der Waals surface area contributed by atoms with Crippen molar-refractivity contribution in [3.63, 3.8) is 0 Å². The lowest BCUT2D eigenvalue weighted by atomic mass is 9.86. The summed E-state index contributed by atoms with van der Waals surface area (Å²) in [5.74, 6) is 1.40. The molecule has 0 aromatic carbocycles. The molecule has 5 heteroatoms. The van der Waals surface area contributed by atoms with E-state index >= 15 is 0 Å². The minimum atomic E-state index is -1.70. The molecule has 0 unspecified atom stereocenters. The van der Waals surface area contributed by atoms with Crippen LogP contribution in [-0.2, 0) is 4.43 Å². The Labute approximate surface area is 114 Å². The third-order valence-corrected chi connectivity index (χ3v) is 8.09. The van der Waals surface area contributed by atoms with E-state index in [4.69, 9.17) is 14.5 Å². The Balaban J connectivity index is 4.35. The van der Waals surface area contributed by atoms with Gasteiger partial charge in [0.2, 0.25) is 0 Å². The highest BCUT2D eigenvalue weighted by Gasteiger charge is 2.38. The molecule has 0 bridgehead atoms. The minimum Gasteiger partial charge on any atom is -0.424 e. The van der Waals surface area contributed by atoms with E-state index in [1.54, 1.807) is 6.08 Å². The molecule has 0 atom stereocenters. The molecule has 0 aromatic heterocycles. The van der Waals surface area contributed by atoms with Crippen LogP contribution >= 0.6 is 0 Å². The van der Waals surface area contributed by atoms with E-state index in [2.05, 4.69) is 47.7 Å². The van der Waals surface area contributed by atoms with Gasteiger partial charge in [-0.3, -0.25) is 0 Å². The summed E-state index contributed by atoms with van der Waals surface area (Å²) >= 11 is 0. The lowest BCUT2D eigenvalue weighted by molar-refractivity contribution is 0.167. The quantitative estimate of drug-likeness (QED) is 0.731. The molecule has 106 valence electrons. The minimum absolute atomic E-state index is 0.0148. The van der Waals surface area contributed by atoms with Gasteiger partial charge in [0.1, 0.15) is 0 Å². The van der Waals surface area contributed by atoms with Gasteiger partial charge in [0.25, 0.3) is 0 Å². The molecule has 0 heterocycles. The average molecular weight is 272 g/mol. The number of hydrogen-bond donors (Lipinski definition) is 2. The largest absolute Gasteiger partial charge is 0.480 e. The van der Waals surface area contributed by atoms with E-state index in [-0.39, 0.29) is 10.5 Å². The van der Waals surface area contributed by atoms with Crippen molar-refractivity contribution < 1.29 is 14.5 Å². The molecule has 0 aromatic rings. The van der Waals surface area contributed by atoms with Crippen LogP contribution in [0.1, 0.15) is 41.0 Å². The summed E-state index contributed by atoms with van der Waals surface area (Å²) in [5.41, 5.74) is 0.0148. The highest BCUT2D eigenvalue weighted by Crippen LogP contribution is 2.38. The van der Waals surface area contributed by atoms with E-state index in [9.17, 15) is 0 Å². The van der Waals surface area contributed by atoms with Crippen molar-refractivity contribution in [2.24, 2.45) is 5.41 Å². The van der Waals surface area contributed by atoms with Crippen molar-refractivity contribution in [3.05, 3.63) is 12.1 Å². The van der Waals surface area contributed by atoms with Crippen molar-refractivity contribution in [3.8, 4) is 0 Å². The smallest absolute Gasteiger partial charge is 0.424 e. The second kappa shape index (κ2) is 6.37. The van der Waals surface area contributed by atoms with Crippen LogP contribution in [0.4, 0.5) is 0 Å². The Bertz CT molecular complexity index is 280. The Morgan fingerprint density at radius 2 is 1.61 bits per heavy atom. The SMILES string of the molecule is CC(C)(C/C=C/B(O)O)CO[Si](C)(C)C(C)(C)C. The summed E-state index contributed by atoms with van der Waals surface area (Å²) in [7, 11) is -3.06. The van der Waals surface area contributed by atoms with Gasteiger partial charge >= 0.3 is 7.12 Å². The first-order valence-electron chi connectivity index (χ1n) is 6.54. The monoisotopic (exact) mass is 272 g/mol. The van der Waals surface area contributed by atoms with Crippen LogP contribution in [0.15, 0.2) is 12.1 Å². The summed E-state index contributed by atoms with van der Waals surface area (Å²) in [6.45, 7) is 16.2. The van der Waals surface area contributed by atoms with Crippen LogP contribution in [0.3, 0.4) is 0 Å². The number of rotatable bonds is 6. The Morgan fingerprint density at radius 1 is 1.11 bits per heavy atom. The zero-order chi connectivity index (χ0) is 14.6. The van der Waals surface area contributed by atoms with Gasteiger partial charge in [0.15, 0.2) is 8.32 Å². The second-order valence-electron chi connectivity index (χ2n) is 7.26. The molecule has 0 aliphatic carbocycles. The molecule has 0 saturated carbocycles. The topological polar surface area (TPSA) is 49.7 Å². The maximum absolute atomic E-state index is 8.76. The Kier molecular flexibility index (Phi) is 6.34. The first-order chi connectivity index (χ1) is 7.87. The molecule has 0 rings (SSSR count). The molecular weight excluding hydrogens is 243 g/mol. The van der Waals surface area contributed by atoms with Crippen molar-refractivity contribution in [1.29, 1.82) is 0 Å². The van der Waals surface area contributed by atoms with Crippen molar-refractivity contribution in [1.82, 2.24) is 0 Å². The van der Waals surface area contributed by atoms with E-state index in [0.717, 1.165) is 6.42 Å². The normalized spacial score (nSPS) is 14.3.